The first-order valence-electron chi connectivity index (χ1n) is 11.6. The minimum absolute atomic E-state index is 0. The van der Waals surface area contributed by atoms with Crippen LogP contribution in [0, 0.1) is 6.92 Å². The van der Waals surface area contributed by atoms with Gasteiger partial charge in [0.25, 0.3) is 0 Å². The number of nitrogens with one attached hydrogen (secondary N) is 2. The van der Waals surface area contributed by atoms with Gasteiger partial charge in [-0.2, -0.15) is 0 Å². The first-order chi connectivity index (χ1) is 15.2. The fourth-order valence-electron chi connectivity index (χ4n) is 4.11. The number of guanidine groups is 1. The number of benzene rings is 1. The number of imidazole rings is 1. The number of aryl methyl sites for hydroxylation is 2. The molecule has 1 unspecified atom stereocenters. The van der Waals surface area contributed by atoms with Crippen molar-refractivity contribution in [3.05, 3.63) is 48.0 Å². The van der Waals surface area contributed by atoms with Crippen molar-refractivity contribution in [1.29, 1.82) is 0 Å². The Kier molecular flexibility index (Phi) is 11.9. The van der Waals surface area contributed by atoms with Crippen molar-refractivity contribution in [2.45, 2.75) is 52.1 Å². The summed E-state index contributed by atoms with van der Waals surface area (Å²) < 4.78 is 7.66. The largest absolute Gasteiger partial charge is 0.497 e. The van der Waals surface area contributed by atoms with Crippen LogP contribution in [0.15, 0.2) is 41.7 Å². The number of ether oxygens (including phenoxy) is 1. The molecule has 0 aliphatic carbocycles. The van der Waals surface area contributed by atoms with Crippen molar-refractivity contribution in [3.63, 3.8) is 0 Å². The van der Waals surface area contributed by atoms with Gasteiger partial charge in [0.1, 0.15) is 11.6 Å². The van der Waals surface area contributed by atoms with Crippen molar-refractivity contribution in [3.8, 4) is 5.75 Å². The maximum absolute atomic E-state index is 5.46. The fourth-order valence-corrected chi connectivity index (χ4v) is 4.11. The Hall–Kier alpha value is -1.81. The number of hydrogen-bond acceptors (Lipinski definition) is 4. The average molecular weight is 555 g/mol. The van der Waals surface area contributed by atoms with E-state index in [1.54, 1.807) is 7.11 Å². The van der Waals surface area contributed by atoms with Gasteiger partial charge >= 0.3 is 0 Å². The second kappa shape index (κ2) is 14.4. The van der Waals surface area contributed by atoms with E-state index < -0.39 is 0 Å². The molecule has 2 N–H and O–H groups in total. The summed E-state index contributed by atoms with van der Waals surface area (Å²) in [6, 6.07) is 8.70. The highest BCUT2D eigenvalue weighted by Gasteiger charge is 2.23. The molecule has 1 aliphatic heterocycles. The molecule has 2 heterocycles. The Morgan fingerprint density at radius 3 is 2.72 bits per heavy atom. The van der Waals surface area contributed by atoms with Gasteiger partial charge in [-0.1, -0.05) is 12.1 Å². The quantitative estimate of drug-likeness (QED) is 0.190. The topological polar surface area (TPSA) is 66.7 Å². The molecule has 1 saturated heterocycles. The monoisotopic (exact) mass is 554 g/mol. The first-order valence-corrected chi connectivity index (χ1v) is 11.6. The molecule has 1 atom stereocenters. The molecule has 3 rings (SSSR count). The number of unbranched alkanes of at least 4 members (excludes halogenated alkanes) is 1. The van der Waals surface area contributed by atoms with Crippen LogP contribution in [-0.4, -0.2) is 60.2 Å². The van der Waals surface area contributed by atoms with E-state index in [9.17, 15) is 0 Å². The summed E-state index contributed by atoms with van der Waals surface area (Å²) in [5, 5.41) is 6.90. The fraction of sp³-hybridized carbons (Fsp3) is 0.583. The van der Waals surface area contributed by atoms with Crippen LogP contribution < -0.4 is 15.4 Å². The number of halogens is 1. The standard InChI is InChI=1S/C24H38N6O.HI/c1-4-25-24(27-12-5-6-14-29-17-13-26-20(29)2)28-19-23(30-15-7-8-16-30)21-10-9-11-22(18-21)31-3;/h9-11,13,17-18,23H,4-8,12,14-16,19H2,1-3H3,(H2,25,27,28);1H. The van der Waals surface area contributed by atoms with E-state index in [4.69, 9.17) is 9.73 Å². The first kappa shape index (κ1) is 26.4. The summed E-state index contributed by atoms with van der Waals surface area (Å²) in [5.74, 6) is 2.88. The van der Waals surface area contributed by atoms with Crippen molar-refractivity contribution < 1.29 is 4.74 Å². The number of methoxy groups -OCH3 is 1. The van der Waals surface area contributed by atoms with E-state index in [2.05, 4.69) is 50.2 Å². The normalized spacial score (nSPS) is 15.3. The molecule has 0 bridgehead atoms. The molecule has 32 heavy (non-hydrogen) atoms. The van der Waals surface area contributed by atoms with Gasteiger partial charge in [0.2, 0.25) is 0 Å². The molecule has 2 aromatic rings. The molecule has 7 nitrogen and oxygen atoms in total. The third kappa shape index (κ3) is 7.95. The molecule has 1 aromatic heterocycles. The zero-order valence-electron chi connectivity index (χ0n) is 19.7. The van der Waals surface area contributed by atoms with E-state index in [1.807, 2.05) is 25.4 Å². The lowest BCUT2D eigenvalue weighted by atomic mass is 10.1. The Labute approximate surface area is 210 Å². The lowest BCUT2D eigenvalue weighted by Crippen LogP contribution is -2.39. The summed E-state index contributed by atoms with van der Waals surface area (Å²) >= 11 is 0. The third-order valence-electron chi connectivity index (χ3n) is 5.87. The van der Waals surface area contributed by atoms with Crippen LogP contribution in [0.5, 0.6) is 5.75 Å². The maximum atomic E-state index is 5.46. The molecule has 0 radical (unpaired) electrons. The van der Waals surface area contributed by atoms with Gasteiger partial charge in [0.05, 0.1) is 19.7 Å². The third-order valence-corrected chi connectivity index (χ3v) is 5.87. The van der Waals surface area contributed by atoms with Crippen LogP contribution in [0.25, 0.3) is 0 Å². The molecule has 178 valence electrons. The number of rotatable bonds is 11. The van der Waals surface area contributed by atoms with Gasteiger partial charge in [0.15, 0.2) is 5.96 Å². The van der Waals surface area contributed by atoms with Gasteiger partial charge in [-0.25, -0.2) is 4.98 Å². The van der Waals surface area contributed by atoms with E-state index in [0.717, 1.165) is 69.6 Å². The second-order valence-corrected chi connectivity index (χ2v) is 8.06. The Bertz CT molecular complexity index is 818. The lowest BCUT2D eigenvalue weighted by molar-refractivity contribution is 0.251. The van der Waals surface area contributed by atoms with Crippen LogP contribution in [0.3, 0.4) is 0 Å². The Balaban J connectivity index is 0.00000363. The Morgan fingerprint density at radius 1 is 1.22 bits per heavy atom. The number of aliphatic imine (C=N–C) groups is 1. The SMILES string of the molecule is CCNC(=NCC(c1cccc(OC)c1)N1CCCC1)NCCCCn1ccnc1C.I. The van der Waals surface area contributed by atoms with Crippen molar-refractivity contribution in [2.75, 3.05) is 39.8 Å². The summed E-state index contributed by atoms with van der Waals surface area (Å²) in [5.41, 5.74) is 1.27. The maximum Gasteiger partial charge on any atom is 0.191 e. The summed E-state index contributed by atoms with van der Waals surface area (Å²) in [7, 11) is 1.73. The van der Waals surface area contributed by atoms with Crippen LogP contribution in [0.4, 0.5) is 0 Å². The van der Waals surface area contributed by atoms with Gasteiger partial charge in [-0.15, -0.1) is 24.0 Å². The number of likely N-dealkylation sites (tertiary alicyclic amines) is 1. The van der Waals surface area contributed by atoms with Gasteiger partial charge in [-0.05, 0) is 70.3 Å². The molecule has 8 heteroatoms. The van der Waals surface area contributed by atoms with E-state index in [0.29, 0.717) is 0 Å². The number of aromatic nitrogens is 2. The van der Waals surface area contributed by atoms with Crippen LogP contribution in [0.2, 0.25) is 0 Å². The molecule has 0 amide bonds. The van der Waals surface area contributed by atoms with Gasteiger partial charge in [-0.3, -0.25) is 9.89 Å². The molecule has 1 aliphatic rings. The molecular weight excluding hydrogens is 515 g/mol. The highest BCUT2D eigenvalue weighted by atomic mass is 127. The van der Waals surface area contributed by atoms with Crippen molar-refractivity contribution in [1.82, 2.24) is 25.1 Å². The van der Waals surface area contributed by atoms with E-state index >= 15 is 0 Å². The van der Waals surface area contributed by atoms with Gasteiger partial charge < -0.3 is 19.9 Å². The smallest absolute Gasteiger partial charge is 0.191 e. The minimum atomic E-state index is 0. The molecule has 1 fully saturated rings. The summed E-state index contributed by atoms with van der Waals surface area (Å²) in [6.45, 7) is 9.93. The lowest BCUT2D eigenvalue weighted by Gasteiger charge is -2.27. The van der Waals surface area contributed by atoms with Crippen LogP contribution in [-0.2, 0) is 6.54 Å². The highest BCUT2D eigenvalue weighted by Crippen LogP contribution is 2.27. The van der Waals surface area contributed by atoms with Gasteiger partial charge in [0, 0.05) is 32.0 Å². The molecule has 0 spiro atoms. The predicted octanol–water partition coefficient (Wildman–Crippen LogP) is 3.99. The van der Waals surface area contributed by atoms with Crippen LogP contribution >= 0.6 is 24.0 Å². The summed E-state index contributed by atoms with van der Waals surface area (Å²) in [6.07, 6.45) is 8.64. The molecular formula is C24H39IN6O. The van der Waals surface area contributed by atoms with E-state index in [1.165, 1.54) is 18.4 Å². The van der Waals surface area contributed by atoms with E-state index in [-0.39, 0.29) is 30.0 Å². The zero-order valence-corrected chi connectivity index (χ0v) is 22.0. The predicted molar refractivity (Wildman–Crippen MR) is 142 cm³/mol. The van der Waals surface area contributed by atoms with Crippen LogP contribution in [0.1, 0.15) is 50.0 Å². The minimum Gasteiger partial charge on any atom is -0.497 e. The number of nitrogens with zero attached hydrogens (tertiary/aromatic N) is 4. The Morgan fingerprint density at radius 2 is 2.03 bits per heavy atom. The number of hydrogen-bond donors (Lipinski definition) is 2. The second-order valence-electron chi connectivity index (χ2n) is 8.06. The molecule has 0 saturated carbocycles. The summed E-state index contributed by atoms with van der Waals surface area (Å²) in [4.78, 5) is 11.8. The van der Waals surface area contributed by atoms with Crippen molar-refractivity contribution >= 4 is 29.9 Å². The molecule has 1 aromatic carbocycles. The average Bonchev–Trinajstić information content (AvgIpc) is 3.46. The highest BCUT2D eigenvalue weighted by molar-refractivity contribution is 14.0. The zero-order chi connectivity index (χ0) is 21.9. The van der Waals surface area contributed by atoms with Crippen molar-refractivity contribution in [2.24, 2.45) is 4.99 Å².